The van der Waals surface area contributed by atoms with E-state index >= 15 is 0 Å². The van der Waals surface area contributed by atoms with E-state index in [0.717, 1.165) is 5.56 Å². The molecular formula is C19H18FN7O2. The minimum atomic E-state index is -0.329. The summed E-state index contributed by atoms with van der Waals surface area (Å²) in [6.07, 6.45) is 0. The van der Waals surface area contributed by atoms with E-state index in [2.05, 4.69) is 25.7 Å². The largest absolute Gasteiger partial charge is 0.477 e. The zero-order valence-corrected chi connectivity index (χ0v) is 15.8. The first kappa shape index (κ1) is 18.5. The summed E-state index contributed by atoms with van der Waals surface area (Å²) in [5.74, 6) is 0.258. The third kappa shape index (κ3) is 3.77. The van der Waals surface area contributed by atoms with E-state index in [-0.39, 0.29) is 18.3 Å². The zero-order valence-electron chi connectivity index (χ0n) is 15.8. The van der Waals surface area contributed by atoms with Crippen LogP contribution in [-0.4, -0.2) is 42.1 Å². The summed E-state index contributed by atoms with van der Waals surface area (Å²) >= 11 is 0. The standard InChI is InChI=1S/C19H18FN7O2/c1-3-29-18-9-8-16-22-23-17(27(16)25-18)11-21-19(28)15-10-14(24-26(15)2)12-4-6-13(20)7-5-12/h4-10H,3,11H2,1-2H3,(H,21,28). The molecule has 3 heterocycles. The number of aryl methyl sites for hydroxylation is 1. The molecule has 0 atom stereocenters. The average molecular weight is 395 g/mol. The molecule has 0 bridgehead atoms. The number of carbonyl (C=O) groups excluding carboxylic acids is 1. The van der Waals surface area contributed by atoms with Gasteiger partial charge in [-0.25, -0.2) is 4.39 Å². The minimum Gasteiger partial charge on any atom is -0.477 e. The summed E-state index contributed by atoms with van der Waals surface area (Å²) in [5, 5.41) is 19.5. The van der Waals surface area contributed by atoms with Gasteiger partial charge in [-0.05, 0) is 43.3 Å². The molecule has 29 heavy (non-hydrogen) atoms. The zero-order chi connectivity index (χ0) is 20.4. The van der Waals surface area contributed by atoms with Crippen molar-refractivity contribution in [3.8, 4) is 17.1 Å². The maximum atomic E-state index is 13.1. The van der Waals surface area contributed by atoms with Gasteiger partial charge in [0, 0.05) is 18.7 Å². The highest BCUT2D eigenvalue weighted by Crippen LogP contribution is 2.19. The summed E-state index contributed by atoms with van der Waals surface area (Å²) in [4.78, 5) is 12.6. The number of carbonyl (C=O) groups is 1. The van der Waals surface area contributed by atoms with Crippen LogP contribution in [0, 0.1) is 5.82 Å². The van der Waals surface area contributed by atoms with Crippen molar-refractivity contribution < 1.29 is 13.9 Å². The summed E-state index contributed by atoms with van der Waals surface area (Å²) in [6, 6.07) is 11.0. The SMILES string of the molecule is CCOc1ccc2nnc(CNC(=O)c3cc(-c4ccc(F)cc4)nn3C)n2n1. The van der Waals surface area contributed by atoms with Gasteiger partial charge in [-0.3, -0.25) is 9.48 Å². The number of fused-ring (bicyclic) bond motifs is 1. The van der Waals surface area contributed by atoms with Crippen LogP contribution in [-0.2, 0) is 13.6 Å². The molecule has 0 radical (unpaired) electrons. The van der Waals surface area contributed by atoms with Gasteiger partial charge >= 0.3 is 0 Å². The first-order chi connectivity index (χ1) is 14.0. The molecular weight excluding hydrogens is 377 g/mol. The molecule has 0 unspecified atom stereocenters. The van der Waals surface area contributed by atoms with Gasteiger partial charge in [0.25, 0.3) is 5.91 Å². The van der Waals surface area contributed by atoms with E-state index in [0.29, 0.717) is 35.3 Å². The number of halogens is 1. The monoisotopic (exact) mass is 395 g/mol. The molecule has 0 aliphatic heterocycles. The lowest BCUT2D eigenvalue weighted by atomic mass is 10.1. The van der Waals surface area contributed by atoms with Gasteiger partial charge < -0.3 is 10.1 Å². The molecule has 0 saturated heterocycles. The van der Waals surface area contributed by atoms with Crippen LogP contribution in [0.15, 0.2) is 42.5 Å². The van der Waals surface area contributed by atoms with E-state index in [1.807, 2.05) is 6.92 Å². The van der Waals surface area contributed by atoms with Crippen LogP contribution in [0.5, 0.6) is 5.88 Å². The molecule has 0 spiro atoms. The number of nitrogens with zero attached hydrogens (tertiary/aromatic N) is 6. The number of ether oxygens (including phenoxy) is 1. The molecule has 0 aliphatic rings. The second-order valence-electron chi connectivity index (χ2n) is 6.22. The summed E-state index contributed by atoms with van der Waals surface area (Å²) in [7, 11) is 1.67. The van der Waals surface area contributed by atoms with Crippen molar-refractivity contribution in [1.29, 1.82) is 0 Å². The smallest absolute Gasteiger partial charge is 0.269 e. The molecule has 148 valence electrons. The molecule has 3 aromatic heterocycles. The normalized spacial score (nSPS) is 11.0. The Balaban J connectivity index is 1.51. The molecule has 9 nitrogen and oxygen atoms in total. The van der Waals surface area contributed by atoms with Crippen LogP contribution < -0.4 is 10.1 Å². The van der Waals surface area contributed by atoms with Crippen LogP contribution >= 0.6 is 0 Å². The van der Waals surface area contributed by atoms with E-state index in [1.54, 1.807) is 37.4 Å². The van der Waals surface area contributed by atoms with Gasteiger partial charge in [0.15, 0.2) is 11.5 Å². The first-order valence-electron chi connectivity index (χ1n) is 8.97. The van der Waals surface area contributed by atoms with Gasteiger partial charge in [0.05, 0.1) is 18.8 Å². The molecule has 0 fully saturated rings. The average Bonchev–Trinajstić information content (AvgIpc) is 3.30. The molecule has 1 aromatic carbocycles. The van der Waals surface area contributed by atoms with Crippen molar-refractivity contribution >= 4 is 11.6 Å². The van der Waals surface area contributed by atoms with Crippen LogP contribution in [0.1, 0.15) is 23.2 Å². The Labute approximate surface area is 165 Å². The lowest BCUT2D eigenvalue weighted by Crippen LogP contribution is -2.26. The second kappa shape index (κ2) is 7.66. The predicted molar refractivity (Wildman–Crippen MR) is 102 cm³/mol. The van der Waals surface area contributed by atoms with Crippen LogP contribution in [0.4, 0.5) is 4.39 Å². The first-order valence-corrected chi connectivity index (χ1v) is 8.97. The summed E-state index contributed by atoms with van der Waals surface area (Å²) in [5.41, 5.74) is 2.21. The lowest BCUT2D eigenvalue weighted by molar-refractivity contribution is 0.0940. The highest BCUT2D eigenvalue weighted by atomic mass is 19.1. The molecule has 1 amide bonds. The Morgan fingerprint density at radius 3 is 2.69 bits per heavy atom. The Morgan fingerprint density at radius 2 is 1.93 bits per heavy atom. The van der Waals surface area contributed by atoms with E-state index in [4.69, 9.17) is 4.74 Å². The molecule has 4 aromatic rings. The van der Waals surface area contributed by atoms with E-state index in [9.17, 15) is 9.18 Å². The number of amides is 1. The van der Waals surface area contributed by atoms with E-state index in [1.165, 1.54) is 21.3 Å². The third-order valence-electron chi connectivity index (χ3n) is 4.25. The van der Waals surface area contributed by atoms with Crippen molar-refractivity contribution in [2.24, 2.45) is 7.05 Å². The Bertz CT molecular complexity index is 1170. The van der Waals surface area contributed by atoms with Gasteiger partial charge in [-0.1, -0.05) is 0 Å². The second-order valence-corrected chi connectivity index (χ2v) is 6.22. The quantitative estimate of drug-likeness (QED) is 0.536. The topological polar surface area (TPSA) is 99.2 Å². The molecule has 10 heteroatoms. The molecule has 1 N–H and O–H groups in total. The van der Waals surface area contributed by atoms with Crippen LogP contribution in [0.25, 0.3) is 16.9 Å². The van der Waals surface area contributed by atoms with Crippen LogP contribution in [0.2, 0.25) is 0 Å². The fourth-order valence-corrected chi connectivity index (χ4v) is 2.84. The number of nitrogens with one attached hydrogen (secondary N) is 1. The highest BCUT2D eigenvalue weighted by molar-refractivity contribution is 5.93. The van der Waals surface area contributed by atoms with E-state index < -0.39 is 0 Å². The van der Waals surface area contributed by atoms with Gasteiger partial charge in [0.1, 0.15) is 11.5 Å². The predicted octanol–water partition coefficient (Wildman–Crippen LogP) is 1.99. The molecule has 0 aliphatic carbocycles. The van der Waals surface area contributed by atoms with Crippen molar-refractivity contribution in [3.05, 3.63) is 59.8 Å². The number of benzene rings is 1. The maximum Gasteiger partial charge on any atom is 0.269 e. The van der Waals surface area contributed by atoms with Crippen LogP contribution in [0.3, 0.4) is 0 Å². The van der Waals surface area contributed by atoms with Crippen molar-refractivity contribution in [2.45, 2.75) is 13.5 Å². The van der Waals surface area contributed by atoms with Crippen molar-refractivity contribution in [2.75, 3.05) is 6.61 Å². The Kier molecular flexibility index (Phi) is 4.90. The Hall–Kier alpha value is -3.82. The van der Waals surface area contributed by atoms with Gasteiger partial charge in [-0.15, -0.1) is 15.3 Å². The van der Waals surface area contributed by atoms with Crippen molar-refractivity contribution in [3.63, 3.8) is 0 Å². The highest BCUT2D eigenvalue weighted by Gasteiger charge is 2.16. The van der Waals surface area contributed by atoms with Gasteiger partial charge in [0.2, 0.25) is 5.88 Å². The number of rotatable bonds is 6. The Morgan fingerprint density at radius 1 is 1.14 bits per heavy atom. The summed E-state index contributed by atoms with van der Waals surface area (Å²) in [6.45, 7) is 2.48. The fourth-order valence-electron chi connectivity index (χ4n) is 2.84. The number of hydrogen-bond donors (Lipinski definition) is 1. The lowest BCUT2D eigenvalue weighted by Gasteiger charge is -2.05. The molecule has 4 rings (SSSR count). The summed E-state index contributed by atoms with van der Waals surface area (Å²) < 4.78 is 21.5. The molecule has 0 saturated carbocycles. The fraction of sp³-hybridized carbons (Fsp3) is 0.211. The maximum absolute atomic E-state index is 13.1. The van der Waals surface area contributed by atoms with Gasteiger partial charge in [-0.2, -0.15) is 9.61 Å². The minimum absolute atomic E-state index is 0.125. The van der Waals surface area contributed by atoms with Crippen molar-refractivity contribution in [1.82, 2.24) is 34.9 Å². The third-order valence-corrected chi connectivity index (χ3v) is 4.25. The number of aromatic nitrogens is 6. The number of hydrogen-bond acceptors (Lipinski definition) is 6.